The number of hydrogen-bond acceptors (Lipinski definition) is 3. The Morgan fingerprint density at radius 1 is 1.20 bits per heavy atom. The Morgan fingerprint density at radius 2 is 1.87 bits per heavy atom. The Balaban J connectivity index is 2.53. The molecule has 0 heterocycles. The van der Waals surface area contributed by atoms with Gasteiger partial charge in [-0.2, -0.15) is 0 Å². The van der Waals surface area contributed by atoms with Gasteiger partial charge in [-0.05, 0) is 19.1 Å². The summed E-state index contributed by atoms with van der Waals surface area (Å²) >= 11 is 0. The molecule has 0 fully saturated rings. The largest absolute Gasteiger partial charge is 0.494 e. The lowest BCUT2D eigenvalue weighted by Gasteiger charge is -2.07. The Hall–Kier alpha value is -1.51. The second-order valence-corrected chi connectivity index (χ2v) is 3.09. The fourth-order valence-electron chi connectivity index (χ4n) is 1.09. The summed E-state index contributed by atoms with van der Waals surface area (Å²) in [7, 11) is 0. The maximum Gasteiger partial charge on any atom is 0.169 e. The van der Waals surface area contributed by atoms with Crippen molar-refractivity contribution in [1.29, 1.82) is 0 Å². The van der Waals surface area contributed by atoms with Crippen LogP contribution in [0.3, 0.4) is 0 Å². The van der Waals surface area contributed by atoms with Gasteiger partial charge in [0.05, 0.1) is 6.61 Å². The van der Waals surface area contributed by atoms with Crippen molar-refractivity contribution in [3.05, 3.63) is 24.3 Å². The molecule has 0 spiro atoms. The highest BCUT2D eigenvalue weighted by atomic mass is 16.5. The fourth-order valence-corrected chi connectivity index (χ4v) is 1.09. The number of hydrogen-bond donors (Lipinski definition) is 0. The summed E-state index contributed by atoms with van der Waals surface area (Å²) < 4.78 is 10.6. The van der Waals surface area contributed by atoms with E-state index in [2.05, 4.69) is 0 Å². The van der Waals surface area contributed by atoms with Gasteiger partial charge in [0.15, 0.2) is 5.78 Å². The standard InChI is InChI=1S/C12H16O3/c1-3-10(13)9-15-12-7-5-6-11(8-12)14-4-2/h5-8H,3-4,9H2,1-2H3. The van der Waals surface area contributed by atoms with E-state index in [0.717, 1.165) is 5.75 Å². The van der Waals surface area contributed by atoms with Crippen molar-refractivity contribution >= 4 is 5.78 Å². The molecule has 1 aromatic rings. The first kappa shape index (κ1) is 11.6. The van der Waals surface area contributed by atoms with Crippen molar-refractivity contribution in [2.75, 3.05) is 13.2 Å². The fraction of sp³-hybridized carbons (Fsp3) is 0.417. The van der Waals surface area contributed by atoms with Gasteiger partial charge >= 0.3 is 0 Å². The lowest BCUT2D eigenvalue weighted by Crippen LogP contribution is -2.09. The summed E-state index contributed by atoms with van der Waals surface area (Å²) in [4.78, 5) is 11.0. The molecule has 0 radical (unpaired) electrons. The van der Waals surface area contributed by atoms with Gasteiger partial charge in [-0.3, -0.25) is 4.79 Å². The first-order valence-corrected chi connectivity index (χ1v) is 5.13. The van der Waals surface area contributed by atoms with Crippen LogP contribution in [0.15, 0.2) is 24.3 Å². The third-order valence-electron chi connectivity index (χ3n) is 1.91. The summed E-state index contributed by atoms with van der Waals surface area (Å²) in [5.74, 6) is 1.53. The van der Waals surface area contributed by atoms with Gasteiger partial charge < -0.3 is 9.47 Å². The number of ether oxygens (including phenoxy) is 2. The van der Waals surface area contributed by atoms with Crippen molar-refractivity contribution in [1.82, 2.24) is 0 Å². The number of rotatable bonds is 6. The van der Waals surface area contributed by atoms with Gasteiger partial charge in [-0.25, -0.2) is 0 Å². The van der Waals surface area contributed by atoms with Crippen LogP contribution in [0.1, 0.15) is 20.3 Å². The molecule has 0 saturated heterocycles. The minimum absolute atomic E-state index is 0.0943. The average Bonchev–Trinajstić information content (AvgIpc) is 2.27. The molecule has 0 aromatic heterocycles. The van der Waals surface area contributed by atoms with Gasteiger partial charge in [0, 0.05) is 12.5 Å². The van der Waals surface area contributed by atoms with E-state index in [1.54, 1.807) is 6.07 Å². The molecule has 3 heteroatoms. The first-order valence-electron chi connectivity index (χ1n) is 5.13. The van der Waals surface area contributed by atoms with E-state index in [1.807, 2.05) is 32.0 Å². The van der Waals surface area contributed by atoms with Crippen molar-refractivity contribution in [3.63, 3.8) is 0 Å². The highest BCUT2D eigenvalue weighted by molar-refractivity contribution is 5.79. The van der Waals surface area contributed by atoms with Crippen molar-refractivity contribution in [2.24, 2.45) is 0 Å². The van der Waals surface area contributed by atoms with Crippen molar-refractivity contribution in [2.45, 2.75) is 20.3 Å². The Labute approximate surface area is 90.0 Å². The van der Waals surface area contributed by atoms with Gasteiger partial charge in [-0.15, -0.1) is 0 Å². The normalized spacial score (nSPS) is 9.73. The zero-order valence-electron chi connectivity index (χ0n) is 9.16. The Bertz CT molecular complexity index is 320. The van der Waals surface area contributed by atoms with Crippen LogP contribution in [-0.4, -0.2) is 19.0 Å². The highest BCUT2D eigenvalue weighted by Gasteiger charge is 2.01. The predicted molar refractivity (Wildman–Crippen MR) is 58.4 cm³/mol. The molecule has 1 rings (SSSR count). The molecule has 0 bridgehead atoms. The second kappa shape index (κ2) is 6.06. The van der Waals surface area contributed by atoms with Gasteiger partial charge in [0.1, 0.15) is 18.1 Å². The quantitative estimate of drug-likeness (QED) is 0.720. The third kappa shape index (κ3) is 4.02. The highest BCUT2D eigenvalue weighted by Crippen LogP contribution is 2.19. The third-order valence-corrected chi connectivity index (χ3v) is 1.91. The number of carbonyl (C=O) groups excluding carboxylic acids is 1. The molecule has 82 valence electrons. The van der Waals surface area contributed by atoms with Crippen molar-refractivity contribution < 1.29 is 14.3 Å². The Kier molecular flexibility index (Phi) is 4.68. The van der Waals surface area contributed by atoms with Crippen LogP contribution in [0.5, 0.6) is 11.5 Å². The molecular formula is C12H16O3. The van der Waals surface area contributed by atoms with Crippen LogP contribution in [0.25, 0.3) is 0 Å². The molecule has 15 heavy (non-hydrogen) atoms. The summed E-state index contributed by atoms with van der Waals surface area (Å²) in [6, 6.07) is 7.30. The molecule has 0 aliphatic rings. The Morgan fingerprint density at radius 3 is 2.47 bits per heavy atom. The molecule has 0 amide bonds. The topological polar surface area (TPSA) is 35.5 Å². The van der Waals surface area contributed by atoms with Gasteiger partial charge in [-0.1, -0.05) is 13.0 Å². The lowest BCUT2D eigenvalue weighted by atomic mass is 10.3. The molecule has 0 N–H and O–H groups in total. The molecular weight excluding hydrogens is 192 g/mol. The maximum atomic E-state index is 11.0. The van der Waals surface area contributed by atoms with E-state index in [4.69, 9.17) is 9.47 Å². The molecule has 0 aliphatic heterocycles. The summed E-state index contributed by atoms with van der Waals surface area (Å²) in [6.07, 6.45) is 0.505. The minimum Gasteiger partial charge on any atom is -0.494 e. The SMILES string of the molecule is CCOc1cccc(OCC(=O)CC)c1. The number of ketones is 1. The van der Waals surface area contributed by atoms with E-state index < -0.39 is 0 Å². The van der Waals surface area contributed by atoms with Crippen LogP contribution in [0, 0.1) is 0 Å². The van der Waals surface area contributed by atoms with Crippen LogP contribution in [-0.2, 0) is 4.79 Å². The van der Waals surface area contributed by atoms with Crippen LogP contribution < -0.4 is 9.47 Å². The van der Waals surface area contributed by atoms with Crippen LogP contribution in [0.2, 0.25) is 0 Å². The molecule has 0 atom stereocenters. The second-order valence-electron chi connectivity index (χ2n) is 3.09. The van der Waals surface area contributed by atoms with E-state index >= 15 is 0 Å². The van der Waals surface area contributed by atoms with E-state index in [1.165, 1.54) is 0 Å². The van der Waals surface area contributed by atoms with E-state index in [9.17, 15) is 4.79 Å². The first-order chi connectivity index (χ1) is 7.26. The monoisotopic (exact) mass is 208 g/mol. The van der Waals surface area contributed by atoms with Crippen molar-refractivity contribution in [3.8, 4) is 11.5 Å². The predicted octanol–water partition coefficient (Wildman–Crippen LogP) is 2.44. The summed E-state index contributed by atoms with van der Waals surface area (Å²) in [5, 5.41) is 0. The summed E-state index contributed by atoms with van der Waals surface area (Å²) in [5.41, 5.74) is 0. The summed E-state index contributed by atoms with van der Waals surface area (Å²) in [6.45, 7) is 4.50. The molecule has 3 nitrogen and oxygen atoms in total. The maximum absolute atomic E-state index is 11.0. The number of carbonyl (C=O) groups is 1. The van der Waals surface area contributed by atoms with Gasteiger partial charge in [0.25, 0.3) is 0 Å². The molecule has 0 saturated carbocycles. The van der Waals surface area contributed by atoms with Gasteiger partial charge in [0.2, 0.25) is 0 Å². The minimum atomic E-state index is 0.0943. The molecule has 1 aromatic carbocycles. The van der Waals surface area contributed by atoms with Crippen LogP contribution >= 0.6 is 0 Å². The van der Waals surface area contributed by atoms with Crippen LogP contribution in [0.4, 0.5) is 0 Å². The average molecular weight is 208 g/mol. The lowest BCUT2D eigenvalue weighted by molar-refractivity contribution is -0.120. The zero-order valence-corrected chi connectivity index (χ0v) is 9.16. The number of Topliss-reactive ketones (excluding diaryl/α,β-unsaturated/α-hetero) is 1. The number of benzene rings is 1. The van der Waals surface area contributed by atoms with E-state index in [-0.39, 0.29) is 12.4 Å². The zero-order chi connectivity index (χ0) is 11.1. The molecule has 0 unspecified atom stereocenters. The smallest absolute Gasteiger partial charge is 0.169 e. The molecule has 0 aliphatic carbocycles. The van der Waals surface area contributed by atoms with E-state index in [0.29, 0.717) is 18.8 Å².